The van der Waals surface area contributed by atoms with Gasteiger partial charge in [-0.3, -0.25) is 4.79 Å². The van der Waals surface area contributed by atoms with Crippen LogP contribution < -0.4 is 5.32 Å². The molecule has 0 saturated heterocycles. The Hall–Kier alpha value is -1.48. The summed E-state index contributed by atoms with van der Waals surface area (Å²) in [6, 6.07) is 12.1. The second-order valence-corrected chi connectivity index (χ2v) is 9.18. The zero-order chi connectivity index (χ0) is 17.6. The van der Waals surface area contributed by atoms with Gasteiger partial charge in [0.25, 0.3) is 0 Å². The zero-order valence-corrected chi connectivity index (χ0v) is 16.9. The predicted octanol–water partition coefficient (Wildman–Crippen LogP) is 4.48. The van der Waals surface area contributed by atoms with Gasteiger partial charge < -0.3 is 5.32 Å². The van der Waals surface area contributed by atoms with Crippen LogP contribution in [0.15, 0.2) is 46.1 Å². The van der Waals surface area contributed by atoms with Crippen LogP contribution in [0.2, 0.25) is 0 Å². The number of aromatic nitrogens is 2. The smallest absolute Gasteiger partial charge is 0.230 e. The van der Waals surface area contributed by atoms with E-state index >= 15 is 0 Å². The van der Waals surface area contributed by atoms with Crippen LogP contribution in [-0.4, -0.2) is 28.0 Å². The fourth-order valence-electron chi connectivity index (χ4n) is 2.23. The van der Waals surface area contributed by atoms with E-state index in [1.165, 1.54) is 28.0 Å². The van der Waals surface area contributed by atoms with Crippen molar-refractivity contribution in [1.82, 2.24) is 15.1 Å². The third kappa shape index (κ3) is 5.01. The van der Waals surface area contributed by atoms with Crippen molar-refractivity contribution in [1.29, 1.82) is 0 Å². The summed E-state index contributed by atoms with van der Waals surface area (Å²) in [6.07, 6.45) is 0.870. The van der Waals surface area contributed by atoms with Gasteiger partial charge in [0.15, 0.2) is 8.29 Å². The molecule has 2 aromatic heterocycles. The number of benzene rings is 1. The lowest BCUT2D eigenvalue weighted by atomic mass is 10.2. The normalized spacial score (nSPS) is 10.8. The summed E-state index contributed by atoms with van der Waals surface area (Å²) in [5, 5.41) is 9.54. The maximum atomic E-state index is 12.0. The van der Waals surface area contributed by atoms with Crippen LogP contribution in [0.3, 0.4) is 0 Å². The number of para-hydroxylation sites is 1. The van der Waals surface area contributed by atoms with Crippen molar-refractivity contribution in [2.24, 2.45) is 0 Å². The van der Waals surface area contributed by atoms with Crippen molar-refractivity contribution in [2.45, 2.75) is 17.7 Å². The van der Waals surface area contributed by atoms with Crippen LogP contribution in [0.1, 0.15) is 10.4 Å². The van der Waals surface area contributed by atoms with Gasteiger partial charge in [0.2, 0.25) is 5.91 Å². The minimum absolute atomic E-state index is 0.0186. The van der Waals surface area contributed by atoms with Crippen LogP contribution in [0.5, 0.6) is 0 Å². The quantitative estimate of drug-likeness (QED) is 0.463. The summed E-state index contributed by atoms with van der Waals surface area (Å²) in [5.41, 5.74) is 2.10. The van der Waals surface area contributed by atoms with Gasteiger partial charge in [0.05, 0.1) is 11.4 Å². The van der Waals surface area contributed by atoms with Crippen LogP contribution in [0.4, 0.5) is 0 Å². The van der Waals surface area contributed by atoms with Crippen LogP contribution in [-0.2, 0) is 11.2 Å². The summed E-state index contributed by atoms with van der Waals surface area (Å²) >= 11 is 9.98. The lowest BCUT2D eigenvalue weighted by molar-refractivity contribution is -0.118. The number of hydrogen-bond acceptors (Lipinski definition) is 6. The number of nitrogens with one attached hydrogen (secondary N) is 1. The van der Waals surface area contributed by atoms with E-state index in [0.29, 0.717) is 16.3 Å². The molecule has 0 atom stereocenters. The molecule has 0 bridgehead atoms. The standard InChI is InChI=1S/C17H17N3OS4/c1-12-5-2-3-7-14(12)20-17(22)25-16(19-20)24-11-15(21)18-9-8-13-6-4-10-23-13/h2-7,10H,8-9,11H2,1H3,(H,18,21). The van der Waals surface area contributed by atoms with Gasteiger partial charge in [-0.1, -0.05) is 47.4 Å². The molecule has 25 heavy (non-hydrogen) atoms. The Balaban J connectivity index is 1.53. The highest BCUT2D eigenvalue weighted by molar-refractivity contribution is 8.01. The molecule has 1 amide bonds. The Labute approximate surface area is 163 Å². The Morgan fingerprint density at radius 3 is 2.92 bits per heavy atom. The molecule has 4 nitrogen and oxygen atoms in total. The number of aryl methyl sites for hydroxylation is 1. The second-order valence-electron chi connectivity index (χ2n) is 5.30. The number of carbonyl (C=O) groups is 1. The highest BCUT2D eigenvalue weighted by atomic mass is 32.2. The third-order valence-corrected chi connectivity index (χ3v) is 6.77. The molecule has 0 aliphatic heterocycles. The molecule has 0 unspecified atom stereocenters. The van der Waals surface area contributed by atoms with Gasteiger partial charge in [0, 0.05) is 11.4 Å². The Morgan fingerprint density at radius 1 is 1.32 bits per heavy atom. The first-order valence-electron chi connectivity index (χ1n) is 7.71. The number of thiophene rings is 1. The van der Waals surface area contributed by atoms with E-state index in [9.17, 15) is 4.79 Å². The van der Waals surface area contributed by atoms with Gasteiger partial charge in [-0.2, -0.15) is 0 Å². The molecule has 3 aromatic rings. The number of nitrogens with zero attached hydrogens (tertiary/aromatic N) is 2. The first-order chi connectivity index (χ1) is 12.1. The summed E-state index contributed by atoms with van der Waals surface area (Å²) in [7, 11) is 0. The molecule has 0 saturated carbocycles. The Morgan fingerprint density at radius 2 is 2.16 bits per heavy atom. The van der Waals surface area contributed by atoms with E-state index in [4.69, 9.17) is 12.2 Å². The maximum absolute atomic E-state index is 12.0. The molecule has 1 N–H and O–H groups in total. The van der Waals surface area contributed by atoms with E-state index in [1.54, 1.807) is 16.0 Å². The monoisotopic (exact) mass is 407 g/mol. The van der Waals surface area contributed by atoms with Gasteiger partial charge in [-0.15, -0.1) is 16.4 Å². The number of hydrogen-bond donors (Lipinski definition) is 1. The molecule has 0 aliphatic rings. The number of rotatable bonds is 7. The molecular formula is C17H17N3OS4. The Kier molecular flexibility index (Phi) is 6.41. The molecular weight excluding hydrogens is 390 g/mol. The number of thioether (sulfide) groups is 1. The van der Waals surface area contributed by atoms with Crippen LogP contribution in [0.25, 0.3) is 5.69 Å². The van der Waals surface area contributed by atoms with E-state index in [2.05, 4.69) is 16.5 Å². The van der Waals surface area contributed by atoms with Crippen molar-refractivity contribution in [3.63, 3.8) is 0 Å². The van der Waals surface area contributed by atoms with E-state index in [-0.39, 0.29) is 5.91 Å². The van der Waals surface area contributed by atoms with E-state index in [1.807, 2.05) is 42.6 Å². The topological polar surface area (TPSA) is 46.9 Å². The van der Waals surface area contributed by atoms with Crippen LogP contribution in [0, 0.1) is 10.9 Å². The molecule has 8 heteroatoms. The highest BCUT2D eigenvalue weighted by Crippen LogP contribution is 2.25. The first kappa shape index (κ1) is 18.3. The summed E-state index contributed by atoms with van der Waals surface area (Å²) in [6.45, 7) is 2.69. The van der Waals surface area contributed by atoms with Gasteiger partial charge in [0.1, 0.15) is 0 Å². The van der Waals surface area contributed by atoms with Gasteiger partial charge >= 0.3 is 0 Å². The highest BCUT2D eigenvalue weighted by Gasteiger charge is 2.10. The van der Waals surface area contributed by atoms with Crippen LogP contribution >= 0.6 is 46.7 Å². The average molecular weight is 408 g/mol. The van der Waals surface area contributed by atoms with Crippen molar-refractivity contribution in [3.8, 4) is 5.69 Å². The zero-order valence-electron chi connectivity index (χ0n) is 13.6. The van der Waals surface area contributed by atoms with E-state index in [0.717, 1.165) is 22.0 Å². The lowest BCUT2D eigenvalue weighted by Crippen LogP contribution is -2.27. The van der Waals surface area contributed by atoms with Crippen molar-refractivity contribution < 1.29 is 4.79 Å². The summed E-state index contributed by atoms with van der Waals surface area (Å²) in [5.74, 6) is 0.366. The fourth-order valence-corrected chi connectivity index (χ4v) is 5.12. The second kappa shape index (κ2) is 8.75. The predicted molar refractivity (Wildman–Crippen MR) is 109 cm³/mol. The minimum atomic E-state index is 0.0186. The molecule has 2 heterocycles. The van der Waals surface area contributed by atoms with E-state index < -0.39 is 0 Å². The molecule has 0 radical (unpaired) electrons. The summed E-state index contributed by atoms with van der Waals surface area (Å²) < 4.78 is 3.27. The van der Waals surface area contributed by atoms with Crippen molar-refractivity contribution in [3.05, 3.63) is 56.2 Å². The van der Waals surface area contributed by atoms with Gasteiger partial charge in [-0.25, -0.2) is 4.68 Å². The maximum Gasteiger partial charge on any atom is 0.230 e. The molecule has 0 spiro atoms. The molecule has 3 rings (SSSR count). The Bertz CT molecular complexity index is 899. The van der Waals surface area contributed by atoms with Crippen molar-refractivity contribution in [2.75, 3.05) is 12.3 Å². The largest absolute Gasteiger partial charge is 0.355 e. The lowest BCUT2D eigenvalue weighted by Gasteiger charge is -2.04. The third-order valence-electron chi connectivity index (χ3n) is 3.47. The molecule has 0 aliphatic carbocycles. The number of amides is 1. The first-order valence-corrected chi connectivity index (χ1v) is 10.8. The van der Waals surface area contributed by atoms with Gasteiger partial charge in [-0.05, 0) is 48.6 Å². The average Bonchev–Trinajstić information content (AvgIpc) is 3.23. The SMILES string of the molecule is Cc1ccccc1-n1nc(SCC(=O)NCCc2cccs2)sc1=S. The molecule has 0 fully saturated rings. The minimum Gasteiger partial charge on any atom is -0.355 e. The fraction of sp³-hybridized carbons (Fsp3) is 0.235. The summed E-state index contributed by atoms with van der Waals surface area (Å²) in [4.78, 5) is 13.3. The van der Waals surface area contributed by atoms with Crippen molar-refractivity contribution >= 4 is 52.6 Å². The molecule has 130 valence electrons. The molecule has 1 aromatic carbocycles. The number of carbonyl (C=O) groups excluding carboxylic acids is 1.